The van der Waals surface area contributed by atoms with Crippen molar-refractivity contribution >= 4 is 17.9 Å². The van der Waals surface area contributed by atoms with Gasteiger partial charge in [-0.1, -0.05) is 12.7 Å². The molecule has 2 saturated heterocycles. The highest BCUT2D eigenvalue weighted by molar-refractivity contribution is 5.93. The Balaban J connectivity index is 1.90. The molecule has 0 saturated carbocycles. The van der Waals surface area contributed by atoms with E-state index in [-0.39, 0.29) is 48.9 Å². The minimum atomic E-state index is -0.579. The average Bonchev–Trinajstić information content (AvgIpc) is 2.79. The van der Waals surface area contributed by atoms with Gasteiger partial charge in [0.15, 0.2) is 0 Å². The predicted octanol–water partition coefficient (Wildman–Crippen LogP) is 2.15. The second-order valence-electron chi connectivity index (χ2n) is 7.12. The number of piperidine rings is 1. The quantitative estimate of drug-likeness (QED) is 0.381. The van der Waals surface area contributed by atoms with Crippen molar-refractivity contribution in [3.8, 4) is 0 Å². The summed E-state index contributed by atoms with van der Waals surface area (Å²) in [5.74, 6) is -1.37. The number of esters is 3. The fourth-order valence-corrected chi connectivity index (χ4v) is 3.65. The van der Waals surface area contributed by atoms with E-state index in [4.69, 9.17) is 14.2 Å². The zero-order chi connectivity index (χ0) is 20.1. The van der Waals surface area contributed by atoms with Crippen molar-refractivity contribution in [2.24, 2.45) is 0 Å². The molecule has 0 N–H and O–H groups in total. The third kappa shape index (κ3) is 5.19. The van der Waals surface area contributed by atoms with E-state index in [0.29, 0.717) is 18.4 Å². The highest BCUT2D eigenvalue weighted by Gasteiger charge is 2.47. The van der Waals surface area contributed by atoms with Crippen LogP contribution in [0.1, 0.15) is 46.5 Å². The Morgan fingerprint density at radius 2 is 1.85 bits per heavy atom. The molecule has 0 spiro atoms. The largest absolute Gasteiger partial charge is 0.463 e. The molecule has 27 heavy (non-hydrogen) atoms. The number of hydrogen-bond donors (Lipinski definition) is 0. The Labute approximate surface area is 160 Å². The molecule has 0 unspecified atom stereocenters. The SMILES string of the molecule is C=C(CC(=O)O[C@H]1C[C@H]2C[C@H](OC(=O)/C(C)=C/C)[C@@H](C1)N2C)C(=O)OCC. The van der Waals surface area contributed by atoms with Crippen molar-refractivity contribution in [2.75, 3.05) is 13.7 Å². The Kier molecular flexibility index (Phi) is 7.18. The van der Waals surface area contributed by atoms with Gasteiger partial charge in [-0.05, 0) is 27.8 Å². The molecule has 0 aromatic rings. The molecule has 2 fully saturated rings. The molecule has 0 aromatic heterocycles. The third-order valence-electron chi connectivity index (χ3n) is 5.31. The Morgan fingerprint density at radius 1 is 1.15 bits per heavy atom. The summed E-state index contributed by atoms with van der Waals surface area (Å²) in [5.41, 5.74) is 0.672. The van der Waals surface area contributed by atoms with E-state index in [0.717, 1.165) is 6.42 Å². The predicted molar refractivity (Wildman–Crippen MR) is 98.8 cm³/mol. The third-order valence-corrected chi connectivity index (χ3v) is 5.31. The lowest BCUT2D eigenvalue weighted by Crippen LogP contribution is -2.46. The van der Waals surface area contributed by atoms with Gasteiger partial charge in [-0.2, -0.15) is 0 Å². The highest BCUT2D eigenvalue weighted by Crippen LogP contribution is 2.37. The normalized spacial score (nSPS) is 27.8. The lowest BCUT2D eigenvalue weighted by atomic mass is 10.00. The molecular weight excluding hydrogens is 350 g/mol. The van der Waals surface area contributed by atoms with Gasteiger partial charge in [-0.25, -0.2) is 9.59 Å². The lowest BCUT2D eigenvalue weighted by Gasteiger charge is -2.36. The van der Waals surface area contributed by atoms with E-state index < -0.39 is 11.9 Å². The first-order valence-electron chi connectivity index (χ1n) is 9.37. The summed E-state index contributed by atoms with van der Waals surface area (Å²) < 4.78 is 16.0. The summed E-state index contributed by atoms with van der Waals surface area (Å²) >= 11 is 0. The van der Waals surface area contributed by atoms with Crippen molar-refractivity contribution in [1.82, 2.24) is 4.90 Å². The summed E-state index contributed by atoms with van der Waals surface area (Å²) in [4.78, 5) is 38.0. The Bertz CT molecular complexity index is 640. The van der Waals surface area contributed by atoms with Gasteiger partial charge in [0.1, 0.15) is 12.2 Å². The van der Waals surface area contributed by atoms with Gasteiger partial charge < -0.3 is 14.2 Å². The van der Waals surface area contributed by atoms with Gasteiger partial charge in [-0.3, -0.25) is 9.69 Å². The molecule has 0 radical (unpaired) electrons. The molecule has 2 rings (SSSR count). The van der Waals surface area contributed by atoms with Gasteiger partial charge in [0.2, 0.25) is 0 Å². The molecule has 150 valence electrons. The zero-order valence-corrected chi connectivity index (χ0v) is 16.5. The van der Waals surface area contributed by atoms with E-state index in [1.54, 1.807) is 26.8 Å². The first-order valence-corrected chi connectivity index (χ1v) is 9.37. The number of likely N-dealkylation sites (N-methyl/N-ethyl adjacent to an activating group) is 1. The number of allylic oxidation sites excluding steroid dienone is 1. The molecule has 2 heterocycles. The molecule has 2 aliphatic rings. The summed E-state index contributed by atoms with van der Waals surface area (Å²) in [6.07, 6.45) is 3.09. The summed E-state index contributed by atoms with van der Waals surface area (Å²) in [7, 11) is 2.01. The number of hydrogen-bond acceptors (Lipinski definition) is 7. The topological polar surface area (TPSA) is 82.1 Å². The van der Waals surface area contributed by atoms with Gasteiger partial charge >= 0.3 is 17.9 Å². The highest BCUT2D eigenvalue weighted by atomic mass is 16.6. The number of carbonyl (C=O) groups excluding carboxylic acids is 3. The van der Waals surface area contributed by atoms with E-state index in [1.807, 2.05) is 7.05 Å². The van der Waals surface area contributed by atoms with Crippen LogP contribution in [0.2, 0.25) is 0 Å². The summed E-state index contributed by atoms with van der Waals surface area (Å²) in [6.45, 7) is 9.04. The van der Waals surface area contributed by atoms with Crippen LogP contribution in [0.25, 0.3) is 0 Å². The Morgan fingerprint density at radius 3 is 2.48 bits per heavy atom. The molecule has 4 atom stereocenters. The number of carbonyl (C=O) groups is 3. The van der Waals surface area contributed by atoms with Crippen LogP contribution < -0.4 is 0 Å². The lowest BCUT2D eigenvalue weighted by molar-refractivity contribution is -0.155. The van der Waals surface area contributed by atoms with Crippen LogP contribution in [0, 0.1) is 0 Å². The van der Waals surface area contributed by atoms with Crippen molar-refractivity contribution in [3.05, 3.63) is 23.8 Å². The molecule has 7 heteroatoms. The van der Waals surface area contributed by atoms with Crippen molar-refractivity contribution in [1.29, 1.82) is 0 Å². The van der Waals surface area contributed by atoms with Crippen molar-refractivity contribution < 1.29 is 28.6 Å². The Hall–Kier alpha value is -2.15. The van der Waals surface area contributed by atoms with E-state index >= 15 is 0 Å². The van der Waals surface area contributed by atoms with Crippen LogP contribution in [-0.4, -0.2) is 60.8 Å². The van der Waals surface area contributed by atoms with Gasteiger partial charge in [-0.15, -0.1) is 0 Å². The summed E-state index contributed by atoms with van der Waals surface area (Å²) in [6, 6.07) is 0.210. The average molecular weight is 379 g/mol. The molecule has 0 amide bonds. The fourth-order valence-electron chi connectivity index (χ4n) is 3.65. The second kappa shape index (κ2) is 9.17. The number of fused-ring (bicyclic) bond motifs is 2. The van der Waals surface area contributed by atoms with Gasteiger partial charge in [0.05, 0.1) is 19.1 Å². The van der Waals surface area contributed by atoms with E-state index in [1.165, 1.54) is 0 Å². The first-order chi connectivity index (χ1) is 12.8. The van der Waals surface area contributed by atoms with Crippen LogP contribution in [0.15, 0.2) is 23.8 Å². The van der Waals surface area contributed by atoms with Crippen LogP contribution in [0.4, 0.5) is 0 Å². The summed E-state index contributed by atoms with van der Waals surface area (Å²) in [5, 5.41) is 0. The van der Waals surface area contributed by atoms with Gasteiger partial charge in [0.25, 0.3) is 0 Å². The number of ether oxygens (including phenoxy) is 3. The van der Waals surface area contributed by atoms with Gasteiger partial charge in [0, 0.05) is 36.5 Å². The van der Waals surface area contributed by atoms with E-state index in [9.17, 15) is 14.4 Å². The molecule has 0 aliphatic carbocycles. The smallest absolute Gasteiger partial charge is 0.333 e. The maximum absolute atomic E-state index is 12.1. The van der Waals surface area contributed by atoms with Crippen LogP contribution >= 0.6 is 0 Å². The number of rotatable bonds is 7. The maximum Gasteiger partial charge on any atom is 0.333 e. The standard InChI is InChI=1S/C20H29NO6/c1-6-12(3)20(24)27-17-10-14-9-15(11-16(17)21(14)5)26-18(22)8-13(4)19(23)25-7-2/h6,14-17H,4,7-11H2,1-3,5H3/b12-6+/t14-,15-,16+,17-/m0/s1. The molecular formula is C20H29NO6. The number of nitrogens with zero attached hydrogens (tertiary/aromatic N) is 1. The fraction of sp³-hybridized carbons (Fsp3) is 0.650. The van der Waals surface area contributed by atoms with Crippen LogP contribution in [-0.2, 0) is 28.6 Å². The molecule has 2 bridgehead atoms. The minimum Gasteiger partial charge on any atom is -0.463 e. The molecule has 0 aromatic carbocycles. The first kappa shape index (κ1) is 21.2. The van der Waals surface area contributed by atoms with Crippen molar-refractivity contribution in [2.45, 2.75) is 70.7 Å². The molecule has 7 nitrogen and oxygen atoms in total. The monoisotopic (exact) mass is 379 g/mol. The minimum absolute atomic E-state index is 0.0171. The maximum atomic E-state index is 12.1. The van der Waals surface area contributed by atoms with Crippen molar-refractivity contribution in [3.63, 3.8) is 0 Å². The van der Waals surface area contributed by atoms with Crippen LogP contribution in [0.5, 0.6) is 0 Å². The zero-order valence-electron chi connectivity index (χ0n) is 16.5. The molecule has 2 aliphatic heterocycles. The second-order valence-corrected chi connectivity index (χ2v) is 7.12. The van der Waals surface area contributed by atoms with E-state index in [2.05, 4.69) is 11.5 Å². The van der Waals surface area contributed by atoms with Crippen LogP contribution in [0.3, 0.4) is 0 Å².